The highest BCUT2D eigenvalue weighted by atomic mass is 32.2. The first-order chi connectivity index (χ1) is 8.88. The van der Waals surface area contributed by atoms with Crippen LogP contribution in [-0.4, -0.2) is 39.9 Å². The number of nitrogens with one attached hydrogen (secondary N) is 1. The fourth-order valence-electron chi connectivity index (χ4n) is 1.86. The lowest BCUT2D eigenvalue weighted by Gasteiger charge is -2.27. The molecule has 1 aliphatic rings. The van der Waals surface area contributed by atoms with Crippen LogP contribution in [0.15, 0.2) is 16.8 Å². The quantitative estimate of drug-likeness (QED) is 0.910. The second-order valence-electron chi connectivity index (χ2n) is 5.54. The lowest BCUT2D eigenvalue weighted by atomic mass is 10.1. The van der Waals surface area contributed by atoms with Crippen molar-refractivity contribution in [2.75, 3.05) is 11.6 Å². The van der Waals surface area contributed by atoms with E-state index in [1.165, 1.54) is 11.3 Å². The Hall–Kier alpha value is -1.01. The third kappa shape index (κ3) is 3.51. The Bertz CT molecular complexity index is 465. The minimum absolute atomic E-state index is 0.0553. The van der Waals surface area contributed by atoms with Crippen molar-refractivity contribution in [1.29, 1.82) is 0 Å². The fraction of sp³-hybridized carbons (Fsp3) is 0.538. The lowest BCUT2D eigenvalue weighted by molar-refractivity contribution is -0.125. The average Bonchev–Trinajstić information content (AvgIpc) is 2.97. The van der Waals surface area contributed by atoms with E-state index in [1.807, 2.05) is 31.5 Å². The van der Waals surface area contributed by atoms with Crippen molar-refractivity contribution >= 4 is 34.9 Å². The van der Waals surface area contributed by atoms with Gasteiger partial charge < -0.3 is 10.2 Å². The molecule has 1 atom stereocenters. The molecule has 0 radical (unpaired) electrons. The first-order valence-corrected chi connectivity index (χ1v) is 8.21. The van der Waals surface area contributed by atoms with Gasteiger partial charge in [0.1, 0.15) is 6.04 Å². The number of hydrogen-bond donors (Lipinski definition) is 1. The molecule has 1 fully saturated rings. The number of thiophene rings is 1. The van der Waals surface area contributed by atoms with E-state index in [4.69, 9.17) is 0 Å². The Morgan fingerprint density at radius 3 is 2.74 bits per heavy atom. The molecule has 2 amide bonds. The zero-order chi connectivity index (χ0) is 14.0. The van der Waals surface area contributed by atoms with E-state index < -0.39 is 0 Å². The number of rotatable bonds is 2. The highest BCUT2D eigenvalue weighted by Gasteiger charge is 2.36. The SMILES string of the molecule is CC(C)(C)NC(=O)[C@H]1CSCN1C(=O)c1ccsc1. The summed E-state index contributed by atoms with van der Waals surface area (Å²) in [7, 11) is 0. The number of thioether (sulfide) groups is 1. The molecule has 1 N–H and O–H groups in total. The molecular weight excluding hydrogens is 280 g/mol. The first-order valence-electron chi connectivity index (χ1n) is 6.11. The van der Waals surface area contributed by atoms with E-state index in [9.17, 15) is 9.59 Å². The molecule has 2 heterocycles. The molecule has 0 bridgehead atoms. The lowest BCUT2D eigenvalue weighted by Crippen LogP contribution is -2.52. The highest BCUT2D eigenvalue weighted by molar-refractivity contribution is 7.99. The van der Waals surface area contributed by atoms with Gasteiger partial charge in [-0.25, -0.2) is 0 Å². The summed E-state index contributed by atoms with van der Waals surface area (Å²) in [5, 5.41) is 6.65. The number of hydrogen-bond acceptors (Lipinski definition) is 4. The van der Waals surface area contributed by atoms with Crippen molar-refractivity contribution in [2.45, 2.75) is 32.4 Å². The standard InChI is InChI=1S/C13H18N2O2S2/c1-13(2,3)14-11(16)10-7-19-8-15(10)12(17)9-4-5-18-6-9/h4-6,10H,7-8H2,1-3H3,(H,14,16)/t10-/m1/s1. The summed E-state index contributed by atoms with van der Waals surface area (Å²) in [6.07, 6.45) is 0. The largest absolute Gasteiger partial charge is 0.350 e. The van der Waals surface area contributed by atoms with Crippen molar-refractivity contribution in [1.82, 2.24) is 10.2 Å². The van der Waals surface area contributed by atoms with Crippen LogP contribution in [0.1, 0.15) is 31.1 Å². The van der Waals surface area contributed by atoms with Gasteiger partial charge in [-0.15, -0.1) is 11.8 Å². The Morgan fingerprint density at radius 2 is 2.16 bits per heavy atom. The Morgan fingerprint density at radius 1 is 1.42 bits per heavy atom. The summed E-state index contributed by atoms with van der Waals surface area (Å²) in [6, 6.07) is 1.44. The van der Waals surface area contributed by atoms with Gasteiger partial charge in [0.2, 0.25) is 5.91 Å². The van der Waals surface area contributed by atoms with E-state index in [0.29, 0.717) is 17.2 Å². The van der Waals surface area contributed by atoms with Gasteiger partial charge in [-0.05, 0) is 32.2 Å². The number of carbonyl (C=O) groups excluding carboxylic acids is 2. The van der Waals surface area contributed by atoms with Crippen LogP contribution in [-0.2, 0) is 4.79 Å². The molecule has 1 saturated heterocycles. The molecule has 1 aliphatic heterocycles. The smallest absolute Gasteiger partial charge is 0.256 e. The zero-order valence-corrected chi connectivity index (χ0v) is 12.9. The molecule has 19 heavy (non-hydrogen) atoms. The van der Waals surface area contributed by atoms with Crippen LogP contribution in [0.25, 0.3) is 0 Å². The summed E-state index contributed by atoms with van der Waals surface area (Å²) in [5.74, 6) is 1.12. The zero-order valence-electron chi connectivity index (χ0n) is 11.3. The molecule has 4 nitrogen and oxygen atoms in total. The van der Waals surface area contributed by atoms with E-state index in [0.717, 1.165) is 0 Å². The molecule has 6 heteroatoms. The highest BCUT2D eigenvalue weighted by Crippen LogP contribution is 2.24. The number of nitrogens with zero attached hydrogens (tertiary/aromatic N) is 1. The molecule has 1 aromatic heterocycles. The molecule has 0 saturated carbocycles. The van der Waals surface area contributed by atoms with Gasteiger partial charge in [0, 0.05) is 16.7 Å². The topological polar surface area (TPSA) is 49.4 Å². The minimum Gasteiger partial charge on any atom is -0.350 e. The van der Waals surface area contributed by atoms with Crippen LogP contribution in [0.2, 0.25) is 0 Å². The van der Waals surface area contributed by atoms with Crippen LogP contribution in [0, 0.1) is 0 Å². The van der Waals surface area contributed by atoms with Crippen molar-refractivity contribution in [2.24, 2.45) is 0 Å². The summed E-state index contributed by atoms with van der Waals surface area (Å²) < 4.78 is 0. The average molecular weight is 298 g/mol. The van der Waals surface area contributed by atoms with E-state index in [1.54, 1.807) is 22.7 Å². The molecule has 0 unspecified atom stereocenters. The monoisotopic (exact) mass is 298 g/mol. The summed E-state index contributed by atoms with van der Waals surface area (Å²) in [6.45, 7) is 5.83. The van der Waals surface area contributed by atoms with Gasteiger partial charge in [0.15, 0.2) is 0 Å². The molecule has 0 aliphatic carbocycles. The predicted molar refractivity (Wildman–Crippen MR) is 79.5 cm³/mol. The molecule has 104 valence electrons. The van der Waals surface area contributed by atoms with Gasteiger partial charge in [-0.1, -0.05) is 0 Å². The van der Waals surface area contributed by atoms with Gasteiger partial charge in [0.25, 0.3) is 5.91 Å². The maximum absolute atomic E-state index is 12.3. The van der Waals surface area contributed by atoms with Crippen LogP contribution in [0.3, 0.4) is 0 Å². The molecular formula is C13H18N2O2S2. The summed E-state index contributed by atoms with van der Waals surface area (Å²) in [4.78, 5) is 26.2. The molecule has 0 aromatic carbocycles. The van der Waals surface area contributed by atoms with Gasteiger partial charge in [-0.2, -0.15) is 11.3 Å². The van der Waals surface area contributed by atoms with E-state index in [2.05, 4.69) is 5.32 Å². The summed E-state index contributed by atoms with van der Waals surface area (Å²) >= 11 is 3.11. The second kappa shape index (κ2) is 5.54. The van der Waals surface area contributed by atoms with Crippen molar-refractivity contribution in [3.8, 4) is 0 Å². The van der Waals surface area contributed by atoms with Gasteiger partial charge in [0.05, 0.1) is 11.4 Å². The maximum Gasteiger partial charge on any atom is 0.256 e. The fourth-order valence-corrected chi connectivity index (χ4v) is 3.65. The number of carbonyl (C=O) groups is 2. The van der Waals surface area contributed by atoms with Crippen molar-refractivity contribution in [3.63, 3.8) is 0 Å². The Balaban J connectivity index is 2.09. The Labute approximate surface area is 121 Å². The first kappa shape index (κ1) is 14.4. The second-order valence-corrected chi connectivity index (χ2v) is 7.32. The van der Waals surface area contributed by atoms with Crippen LogP contribution < -0.4 is 5.32 Å². The van der Waals surface area contributed by atoms with E-state index in [-0.39, 0.29) is 23.4 Å². The van der Waals surface area contributed by atoms with Gasteiger partial charge in [-0.3, -0.25) is 9.59 Å². The van der Waals surface area contributed by atoms with E-state index >= 15 is 0 Å². The molecule has 1 aromatic rings. The third-order valence-corrected chi connectivity index (χ3v) is 4.41. The molecule has 2 rings (SSSR count). The molecule has 0 spiro atoms. The number of amides is 2. The maximum atomic E-state index is 12.3. The summed E-state index contributed by atoms with van der Waals surface area (Å²) in [5.41, 5.74) is 0.391. The van der Waals surface area contributed by atoms with Crippen LogP contribution in [0.5, 0.6) is 0 Å². The minimum atomic E-state index is -0.364. The normalized spacial score (nSPS) is 19.5. The van der Waals surface area contributed by atoms with Crippen molar-refractivity contribution < 1.29 is 9.59 Å². The predicted octanol–water partition coefficient (Wildman–Crippen LogP) is 2.18. The van der Waals surface area contributed by atoms with Gasteiger partial charge >= 0.3 is 0 Å². The Kier molecular flexibility index (Phi) is 4.20. The van der Waals surface area contributed by atoms with Crippen LogP contribution in [0.4, 0.5) is 0 Å². The van der Waals surface area contributed by atoms with Crippen LogP contribution >= 0.6 is 23.1 Å². The third-order valence-electron chi connectivity index (χ3n) is 2.71. The van der Waals surface area contributed by atoms with Crippen molar-refractivity contribution in [3.05, 3.63) is 22.4 Å².